The van der Waals surface area contributed by atoms with Gasteiger partial charge >= 0.3 is 0 Å². The molecule has 0 bridgehead atoms. The van der Waals surface area contributed by atoms with Crippen molar-refractivity contribution in [2.24, 2.45) is 5.92 Å². The molecule has 0 atom stereocenters. The van der Waals surface area contributed by atoms with Crippen LogP contribution in [0, 0.1) is 5.92 Å². The SMILES string of the molecule is COc1cccc(C[NH+]2CCC(C(O)(c3ccccc3)c3ccccc3)CC2)c1OC. The van der Waals surface area contributed by atoms with E-state index in [2.05, 4.69) is 6.07 Å². The number of para-hydroxylation sites is 1. The van der Waals surface area contributed by atoms with Gasteiger partial charge in [-0.25, -0.2) is 0 Å². The standard InChI is InChI=1S/C27H31NO3/c1-30-25-15-9-10-21(26(25)31-2)20-28-18-16-24(17-19-28)27(29,22-11-5-3-6-12-22)23-13-7-4-8-14-23/h3-15,24,29H,16-20H2,1-2H3/p+1. The van der Waals surface area contributed by atoms with Crippen molar-refractivity contribution in [3.63, 3.8) is 0 Å². The first kappa shape index (κ1) is 21.4. The Kier molecular flexibility index (Phi) is 6.59. The zero-order chi connectivity index (χ0) is 21.7. The zero-order valence-electron chi connectivity index (χ0n) is 18.4. The van der Waals surface area contributed by atoms with E-state index in [0.29, 0.717) is 0 Å². The molecule has 1 aliphatic heterocycles. The molecule has 4 rings (SSSR count). The van der Waals surface area contributed by atoms with E-state index in [-0.39, 0.29) is 5.92 Å². The van der Waals surface area contributed by atoms with Crippen molar-refractivity contribution in [1.29, 1.82) is 0 Å². The lowest BCUT2D eigenvalue weighted by molar-refractivity contribution is -0.920. The molecule has 0 spiro atoms. The van der Waals surface area contributed by atoms with Gasteiger partial charge in [-0.05, 0) is 23.3 Å². The average Bonchev–Trinajstić information content (AvgIpc) is 2.85. The highest BCUT2D eigenvalue weighted by Gasteiger charge is 2.42. The minimum atomic E-state index is -0.971. The molecule has 0 aliphatic carbocycles. The Hall–Kier alpha value is -2.82. The molecule has 1 heterocycles. The van der Waals surface area contributed by atoms with Crippen molar-refractivity contribution in [3.8, 4) is 11.5 Å². The van der Waals surface area contributed by atoms with Crippen LogP contribution < -0.4 is 14.4 Å². The molecule has 1 fully saturated rings. The molecule has 3 aromatic carbocycles. The minimum absolute atomic E-state index is 0.174. The number of quaternary nitrogens is 1. The van der Waals surface area contributed by atoms with Crippen molar-refractivity contribution in [1.82, 2.24) is 0 Å². The van der Waals surface area contributed by atoms with Gasteiger partial charge in [0.05, 0.1) is 32.9 Å². The van der Waals surface area contributed by atoms with Crippen LogP contribution in [0.5, 0.6) is 11.5 Å². The Morgan fingerprint density at radius 1 is 0.806 bits per heavy atom. The number of hydrogen-bond acceptors (Lipinski definition) is 3. The van der Waals surface area contributed by atoms with Crippen LogP contribution >= 0.6 is 0 Å². The number of rotatable bonds is 7. The van der Waals surface area contributed by atoms with Gasteiger partial charge in [0.2, 0.25) is 0 Å². The van der Waals surface area contributed by atoms with Crippen LogP contribution in [0.3, 0.4) is 0 Å². The van der Waals surface area contributed by atoms with Gasteiger partial charge in [-0.3, -0.25) is 0 Å². The molecule has 4 nitrogen and oxygen atoms in total. The van der Waals surface area contributed by atoms with E-state index in [4.69, 9.17) is 9.47 Å². The number of aliphatic hydroxyl groups is 1. The summed E-state index contributed by atoms with van der Waals surface area (Å²) in [5.74, 6) is 1.77. The summed E-state index contributed by atoms with van der Waals surface area (Å²) in [6.07, 6.45) is 1.92. The highest BCUT2D eigenvalue weighted by Crippen LogP contribution is 2.40. The molecule has 0 aromatic heterocycles. The summed E-state index contributed by atoms with van der Waals surface area (Å²) >= 11 is 0. The summed E-state index contributed by atoms with van der Waals surface area (Å²) in [4.78, 5) is 1.51. The predicted molar refractivity (Wildman–Crippen MR) is 123 cm³/mol. The predicted octanol–water partition coefficient (Wildman–Crippen LogP) is 3.43. The van der Waals surface area contributed by atoms with Crippen LogP contribution in [0.4, 0.5) is 0 Å². The average molecular weight is 419 g/mol. The van der Waals surface area contributed by atoms with E-state index in [9.17, 15) is 5.11 Å². The van der Waals surface area contributed by atoms with E-state index in [1.165, 1.54) is 4.90 Å². The Labute approximate surface area is 185 Å². The molecule has 4 heteroatoms. The largest absolute Gasteiger partial charge is 0.493 e. The summed E-state index contributed by atoms with van der Waals surface area (Å²) in [7, 11) is 3.37. The number of piperidine rings is 1. The van der Waals surface area contributed by atoms with Crippen molar-refractivity contribution in [2.45, 2.75) is 25.0 Å². The normalized spacial score (nSPS) is 19.1. The number of ether oxygens (including phenoxy) is 2. The fourth-order valence-corrected chi connectivity index (χ4v) is 5.01. The third-order valence-electron chi connectivity index (χ3n) is 6.64. The first-order chi connectivity index (χ1) is 15.2. The second-order valence-corrected chi connectivity index (χ2v) is 8.35. The lowest BCUT2D eigenvalue weighted by atomic mass is 9.72. The number of hydrogen-bond donors (Lipinski definition) is 2. The summed E-state index contributed by atoms with van der Waals surface area (Å²) in [5, 5.41) is 12.1. The maximum Gasteiger partial charge on any atom is 0.169 e. The van der Waals surface area contributed by atoms with Gasteiger partial charge in [-0.1, -0.05) is 66.7 Å². The zero-order valence-corrected chi connectivity index (χ0v) is 18.4. The molecular formula is C27H32NO3+. The van der Waals surface area contributed by atoms with Gasteiger partial charge < -0.3 is 19.5 Å². The lowest BCUT2D eigenvalue weighted by Crippen LogP contribution is -3.11. The van der Waals surface area contributed by atoms with Gasteiger partial charge in [0.1, 0.15) is 12.1 Å². The Morgan fingerprint density at radius 2 is 1.39 bits per heavy atom. The van der Waals surface area contributed by atoms with Crippen molar-refractivity contribution in [3.05, 3.63) is 95.6 Å². The molecular weight excluding hydrogens is 386 g/mol. The minimum Gasteiger partial charge on any atom is -0.493 e. The Balaban J connectivity index is 1.53. The maximum atomic E-state index is 12.1. The summed E-state index contributed by atoms with van der Waals surface area (Å²) in [5.41, 5.74) is 2.15. The van der Waals surface area contributed by atoms with Crippen LogP contribution in [0.15, 0.2) is 78.9 Å². The Bertz CT molecular complexity index is 927. The second-order valence-electron chi connectivity index (χ2n) is 8.35. The van der Waals surface area contributed by atoms with E-state index < -0.39 is 5.60 Å². The highest BCUT2D eigenvalue weighted by atomic mass is 16.5. The highest BCUT2D eigenvalue weighted by molar-refractivity contribution is 5.46. The molecule has 0 saturated carbocycles. The summed E-state index contributed by atoms with van der Waals surface area (Å²) < 4.78 is 11.1. The Morgan fingerprint density at radius 3 is 1.90 bits per heavy atom. The smallest absolute Gasteiger partial charge is 0.169 e. The molecule has 0 unspecified atom stereocenters. The van der Waals surface area contributed by atoms with Crippen LogP contribution in [0.2, 0.25) is 0 Å². The number of methoxy groups -OCH3 is 2. The molecule has 2 N–H and O–H groups in total. The second kappa shape index (κ2) is 9.54. The van der Waals surface area contributed by atoms with Gasteiger partial charge in [-0.2, -0.15) is 0 Å². The number of likely N-dealkylation sites (tertiary alicyclic amines) is 1. The monoisotopic (exact) mass is 418 g/mol. The van der Waals surface area contributed by atoms with Crippen LogP contribution in [-0.4, -0.2) is 32.4 Å². The molecule has 3 aromatic rings. The quantitative estimate of drug-likeness (QED) is 0.618. The molecule has 1 saturated heterocycles. The fourth-order valence-electron chi connectivity index (χ4n) is 5.01. The molecule has 1 aliphatic rings. The molecule has 162 valence electrons. The van der Waals surface area contributed by atoms with E-state index >= 15 is 0 Å². The van der Waals surface area contributed by atoms with Gasteiger partial charge in [0, 0.05) is 18.8 Å². The van der Waals surface area contributed by atoms with Gasteiger partial charge in [0.25, 0.3) is 0 Å². The lowest BCUT2D eigenvalue weighted by Gasteiger charge is -2.41. The van der Waals surface area contributed by atoms with Crippen molar-refractivity contribution in [2.75, 3.05) is 27.3 Å². The van der Waals surface area contributed by atoms with E-state index in [1.807, 2.05) is 72.8 Å². The molecule has 0 amide bonds. The number of benzene rings is 3. The first-order valence-electron chi connectivity index (χ1n) is 11.0. The third kappa shape index (κ3) is 4.32. The van der Waals surface area contributed by atoms with Crippen molar-refractivity contribution >= 4 is 0 Å². The summed E-state index contributed by atoms with van der Waals surface area (Å²) in [6, 6.07) is 26.3. The topological polar surface area (TPSA) is 43.1 Å². The van der Waals surface area contributed by atoms with Crippen LogP contribution in [0.1, 0.15) is 29.5 Å². The van der Waals surface area contributed by atoms with E-state index in [0.717, 1.165) is 60.7 Å². The van der Waals surface area contributed by atoms with Gasteiger partial charge in [0.15, 0.2) is 11.5 Å². The fraction of sp³-hybridized carbons (Fsp3) is 0.333. The summed E-state index contributed by atoms with van der Waals surface area (Å²) in [6.45, 7) is 2.90. The van der Waals surface area contributed by atoms with Gasteiger partial charge in [-0.15, -0.1) is 0 Å². The number of nitrogens with one attached hydrogen (secondary N) is 1. The van der Waals surface area contributed by atoms with E-state index in [1.54, 1.807) is 14.2 Å². The van der Waals surface area contributed by atoms with Crippen LogP contribution in [-0.2, 0) is 12.1 Å². The van der Waals surface area contributed by atoms with Crippen molar-refractivity contribution < 1.29 is 19.5 Å². The molecule has 0 radical (unpaired) electrons. The first-order valence-corrected chi connectivity index (χ1v) is 11.0. The molecule has 31 heavy (non-hydrogen) atoms. The third-order valence-corrected chi connectivity index (χ3v) is 6.64. The van der Waals surface area contributed by atoms with Crippen LogP contribution in [0.25, 0.3) is 0 Å². The maximum absolute atomic E-state index is 12.1.